The third-order valence-corrected chi connectivity index (χ3v) is 5.48. The van der Waals surface area contributed by atoms with Crippen LogP contribution in [0.3, 0.4) is 0 Å². The van der Waals surface area contributed by atoms with E-state index in [1.807, 2.05) is 48.9 Å². The number of furan rings is 1. The average molecular weight is 414 g/mol. The molecule has 0 spiro atoms. The molecule has 1 unspecified atom stereocenters. The molecule has 0 aliphatic heterocycles. The second kappa shape index (κ2) is 6.76. The topological polar surface area (TPSA) is 60.1 Å². The molecule has 5 nitrogen and oxygen atoms in total. The number of aromatic nitrogens is 2. The summed E-state index contributed by atoms with van der Waals surface area (Å²) in [5.74, 6) is 0.906. The van der Waals surface area contributed by atoms with Crippen LogP contribution in [0.15, 0.2) is 45.5 Å². The molecule has 6 heteroatoms. The van der Waals surface area contributed by atoms with Crippen molar-refractivity contribution in [2.75, 3.05) is 0 Å². The Bertz CT molecular complexity index is 956. The highest BCUT2D eigenvalue weighted by Gasteiger charge is 2.27. The summed E-state index contributed by atoms with van der Waals surface area (Å²) >= 11 is 3.44. The van der Waals surface area contributed by atoms with Crippen LogP contribution in [0, 0.1) is 13.8 Å². The monoisotopic (exact) mass is 413 g/mol. The molecular formula is C20H20BrN3O2. The van der Waals surface area contributed by atoms with Crippen molar-refractivity contribution in [2.24, 2.45) is 0 Å². The summed E-state index contributed by atoms with van der Waals surface area (Å²) < 4.78 is 8.35. The van der Waals surface area contributed by atoms with Gasteiger partial charge in [-0.2, -0.15) is 5.10 Å². The van der Waals surface area contributed by atoms with Gasteiger partial charge in [-0.15, -0.1) is 0 Å². The van der Waals surface area contributed by atoms with Crippen molar-refractivity contribution >= 4 is 21.8 Å². The lowest BCUT2D eigenvalue weighted by atomic mass is 9.93. The summed E-state index contributed by atoms with van der Waals surface area (Å²) in [4.78, 5) is 13.0. The van der Waals surface area contributed by atoms with Crippen LogP contribution in [0.25, 0.3) is 5.69 Å². The van der Waals surface area contributed by atoms with Gasteiger partial charge in [-0.1, -0.05) is 15.9 Å². The molecule has 1 N–H and O–H groups in total. The van der Waals surface area contributed by atoms with E-state index in [-0.39, 0.29) is 11.9 Å². The van der Waals surface area contributed by atoms with Gasteiger partial charge in [0.1, 0.15) is 5.76 Å². The van der Waals surface area contributed by atoms with E-state index < -0.39 is 0 Å². The molecule has 3 aromatic rings. The molecule has 26 heavy (non-hydrogen) atoms. The lowest BCUT2D eigenvalue weighted by molar-refractivity contribution is 0.0931. The highest BCUT2D eigenvalue weighted by molar-refractivity contribution is 9.10. The maximum Gasteiger partial charge on any atom is 0.255 e. The molecule has 0 saturated carbocycles. The van der Waals surface area contributed by atoms with Crippen molar-refractivity contribution in [3.05, 3.63) is 69.3 Å². The number of fused-ring (bicyclic) bond motifs is 1. The van der Waals surface area contributed by atoms with Gasteiger partial charge in [0.25, 0.3) is 5.91 Å². The van der Waals surface area contributed by atoms with Crippen LogP contribution >= 0.6 is 15.9 Å². The van der Waals surface area contributed by atoms with Gasteiger partial charge in [0.2, 0.25) is 0 Å². The van der Waals surface area contributed by atoms with E-state index in [1.165, 1.54) is 0 Å². The number of nitrogens with zero attached hydrogens (tertiary/aromatic N) is 2. The minimum atomic E-state index is -0.0811. The molecule has 1 aliphatic rings. The molecule has 0 saturated heterocycles. The molecule has 2 aromatic heterocycles. The Morgan fingerprint density at radius 3 is 2.81 bits per heavy atom. The minimum absolute atomic E-state index is 0.000157. The molecule has 1 atom stereocenters. The number of hydrogen-bond acceptors (Lipinski definition) is 3. The molecule has 0 radical (unpaired) electrons. The first-order valence-electron chi connectivity index (χ1n) is 8.74. The maximum absolute atomic E-state index is 13.0. The lowest BCUT2D eigenvalue weighted by Crippen LogP contribution is -2.31. The number of nitrogens with one attached hydrogen (secondary N) is 1. The summed E-state index contributed by atoms with van der Waals surface area (Å²) in [6, 6.07) is 9.85. The zero-order chi connectivity index (χ0) is 18.3. The number of halogens is 1. The highest BCUT2D eigenvalue weighted by atomic mass is 79.9. The quantitative estimate of drug-likeness (QED) is 0.679. The van der Waals surface area contributed by atoms with Gasteiger partial charge in [0.15, 0.2) is 0 Å². The number of rotatable bonds is 3. The fourth-order valence-corrected chi connectivity index (χ4v) is 3.94. The molecule has 0 bridgehead atoms. The normalized spacial score (nSPS) is 16.3. The lowest BCUT2D eigenvalue weighted by Gasteiger charge is -2.22. The van der Waals surface area contributed by atoms with Gasteiger partial charge >= 0.3 is 0 Å². The van der Waals surface area contributed by atoms with Crippen molar-refractivity contribution in [3.63, 3.8) is 0 Å². The molecule has 1 aromatic carbocycles. The van der Waals surface area contributed by atoms with Crippen LogP contribution in [-0.4, -0.2) is 15.7 Å². The highest BCUT2D eigenvalue weighted by Crippen LogP contribution is 2.31. The van der Waals surface area contributed by atoms with E-state index in [2.05, 4.69) is 26.3 Å². The van der Waals surface area contributed by atoms with E-state index in [4.69, 9.17) is 4.42 Å². The Labute approximate surface area is 160 Å². The Hall–Kier alpha value is -2.34. The smallest absolute Gasteiger partial charge is 0.255 e. The van der Waals surface area contributed by atoms with Gasteiger partial charge < -0.3 is 9.73 Å². The number of amides is 1. The number of hydrogen-bond donors (Lipinski definition) is 1. The number of aryl methyl sites for hydroxylation is 2. The zero-order valence-corrected chi connectivity index (χ0v) is 16.3. The second-order valence-electron chi connectivity index (χ2n) is 6.65. The third-order valence-electron chi connectivity index (χ3n) is 4.95. The summed E-state index contributed by atoms with van der Waals surface area (Å²) in [6.07, 6.45) is 4.59. The Kier molecular flexibility index (Phi) is 4.44. The van der Waals surface area contributed by atoms with Crippen molar-refractivity contribution in [3.8, 4) is 5.69 Å². The third kappa shape index (κ3) is 2.98. The number of carbonyl (C=O) groups is 1. The fraction of sp³-hybridized carbons (Fsp3) is 0.300. The summed E-state index contributed by atoms with van der Waals surface area (Å²) in [5, 5.41) is 7.75. The van der Waals surface area contributed by atoms with Gasteiger partial charge in [0.05, 0.1) is 34.9 Å². The van der Waals surface area contributed by atoms with Gasteiger partial charge in [-0.25, -0.2) is 4.68 Å². The van der Waals surface area contributed by atoms with E-state index in [9.17, 15) is 4.79 Å². The van der Waals surface area contributed by atoms with Crippen molar-refractivity contribution < 1.29 is 9.21 Å². The van der Waals surface area contributed by atoms with Crippen LogP contribution in [0.4, 0.5) is 0 Å². The summed E-state index contributed by atoms with van der Waals surface area (Å²) in [6.45, 7) is 3.81. The van der Waals surface area contributed by atoms with Gasteiger partial charge in [-0.05, 0) is 57.0 Å². The summed E-state index contributed by atoms with van der Waals surface area (Å²) in [7, 11) is 0. The SMILES string of the molecule is Cc1nn(-c2ccc(Br)cc2)c(C)c1C(=O)NC1CCCc2occc21. The first kappa shape index (κ1) is 17.1. The second-order valence-corrected chi connectivity index (χ2v) is 7.57. The van der Waals surface area contributed by atoms with Crippen LogP contribution < -0.4 is 5.32 Å². The van der Waals surface area contributed by atoms with Crippen LogP contribution in [0.5, 0.6) is 0 Å². The largest absolute Gasteiger partial charge is 0.469 e. The number of carbonyl (C=O) groups excluding carboxylic acids is 1. The van der Waals surface area contributed by atoms with E-state index >= 15 is 0 Å². The minimum Gasteiger partial charge on any atom is -0.469 e. The van der Waals surface area contributed by atoms with Gasteiger partial charge in [0, 0.05) is 16.5 Å². The van der Waals surface area contributed by atoms with Crippen molar-refractivity contribution in [1.82, 2.24) is 15.1 Å². The zero-order valence-electron chi connectivity index (χ0n) is 14.8. The van der Waals surface area contributed by atoms with E-state index in [1.54, 1.807) is 6.26 Å². The average Bonchev–Trinajstić information content (AvgIpc) is 3.21. The molecule has 2 heterocycles. The molecule has 134 valence electrons. The maximum atomic E-state index is 13.0. The Balaban J connectivity index is 1.62. The molecule has 1 aliphatic carbocycles. The molecule has 4 rings (SSSR count). The first-order chi connectivity index (χ1) is 12.5. The van der Waals surface area contributed by atoms with Crippen molar-refractivity contribution in [1.29, 1.82) is 0 Å². The standard InChI is InChI=1S/C20H20BrN3O2/c1-12-19(13(2)24(23-12)15-8-6-14(21)7-9-15)20(25)22-17-4-3-5-18-16(17)10-11-26-18/h6-11,17H,3-5H2,1-2H3,(H,22,25). The van der Waals surface area contributed by atoms with Crippen molar-refractivity contribution in [2.45, 2.75) is 39.2 Å². The predicted molar refractivity (Wildman–Crippen MR) is 103 cm³/mol. The summed E-state index contributed by atoms with van der Waals surface area (Å²) in [5.41, 5.74) is 4.24. The molecular weight excluding hydrogens is 394 g/mol. The van der Waals surface area contributed by atoms with E-state index in [0.717, 1.165) is 52.1 Å². The van der Waals surface area contributed by atoms with Crippen LogP contribution in [0.1, 0.15) is 52.0 Å². The Morgan fingerprint density at radius 1 is 1.27 bits per heavy atom. The van der Waals surface area contributed by atoms with E-state index in [0.29, 0.717) is 5.56 Å². The van der Waals surface area contributed by atoms with Crippen LogP contribution in [0.2, 0.25) is 0 Å². The molecule has 0 fully saturated rings. The Morgan fingerprint density at radius 2 is 2.04 bits per heavy atom. The van der Waals surface area contributed by atoms with Crippen LogP contribution in [-0.2, 0) is 6.42 Å². The predicted octanol–water partition coefficient (Wildman–Crippen LogP) is 4.65. The van der Waals surface area contributed by atoms with Gasteiger partial charge in [-0.3, -0.25) is 4.79 Å². The molecule has 1 amide bonds. The fourth-order valence-electron chi connectivity index (χ4n) is 3.67. The number of benzene rings is 1. The first-order valence-corrected chi connectivity index (χ1v) is 9.53.